The van der Waals surface area contributed by atoms with Crippen LogP contribution in [0.5, 0.6) is 5.75 Å². The molecule has 160 valence electrons. The van der Waals surface area contributed by atoms with Crippen LogP contribution in [0.2, 0.25) is 5.02 Å². The predicted molar refractivity (Wildman–Crippen MR) is 121 cm³/mol. The monoisotopic (exact) mass is 449 g/mol. The highest BCUT2D eigenvalue weighted by Gasteiger charge is 2.08. The van der Waals surface area contributed by atoms with Crippen molar-refractivity contribution in [3.63, 3.8) is 0 Å². The molecule has 0 aliphatic carbocycles. The number of aromatic amines is 1. The van der Waals surface area contributed by atoms with Gasteiger partial charge in [0.2, 0.25) is 0 Å². The molecular weight excluding hydrogens is 434 g/mol. The maximum atomic E-state index is 12.6. The number of hydrogen-bond acceptors (Lipinski definition) is 5. The zero-order chi connectivity index (χ0) is 22.7. The highest BCUT2D eigenvalue weighted by molar-refractivity contribution is 6.30. The number of carbonyl (C=O) groups is 1. The summed E-state index contributed by atoms with van der Waals surface area (Å²) in [6.07, 6.45) is 1.32. The number of nitrogens with zero attached hydrogens (tertiary/aromatic N) is 2. The van der Waals surface area contributed by atoms with Crippen LogP contribution in [0.25, 0.3) is 10.9 Å². The summed E-state index contributed by atoms with van der Waals surface area (Å²) in [6, 6.07) is 17.8. The number of H-pyrrole nitrogens is 1. The average Bonchev–Trinajstić information content (AvgIpc) is 2.78. The van der Waals surface area contributed by atoms with E-state index in [-0.39, 0.29) is 12.2 Å². The van der Waals surface area contributed by atoms with E-state index in [4.69, 9.17) is 21.4 Å². The molecule has 4 rings (SSSR count). The number of nitrogens with one attached hydrogen (secondary N) is 1. The van der Waals surface area contributed by atoms with E-state index >= 15 is 0 Å². The van der Waals surface area contributed by atoms with Crippen LogP contribution in [0.1, 0.15) is 21.5 Å². The molecule has 8 nitrogen and oxygen atoms in total. The maximum Gasteiger partial charge on any atom is 0.349 e. The molecule has 0 saturated heterocycles. The molecule has 2 N–H and O–H groups in total. The smallest absolute Gasteiger partial charge is 0.349 e. The van der Waals surface area contributed by atoms with Crippen LogP contribution < -0.4 is 16.0 Å². The molecule has 0 aliphatic heterocycles. The van der Waals surface area contributed by atoms with Crippen LogP contribution in [-0.4, -0.2) is 27.0 Å². The van der Waals surface area contributed by atoms with Crippen LogP contribution in [0.3, 0.4) is 0 Å². The van der Waals surface area contributed by atoms with E-state index < -0.39 is 17.2 Å². The molecule has 0 unspecified atom stereocenters. The lowest BCUT2D eigenvalue weighted by atomic mass is 10.1. The van der Waals surface area contributed by atoms with Gasteiger partial charge in [-0.1, -0.05) is 35.9 Å². The van der Waals surface area contributed by atoms with Gasteiger partial charge in [-0.2, -0.15) is 5.10 Å². The van der Waals surface area contributed by atoms with Crippen molar-refractivity contribution in [2.45, 2.75) is 6.61 Å². The van der Waals surface area contributed by atoms with Gasteiger partial charge in [0.25, 0.3) is 5.56 Å². The Hall–Kier alpha value is -4.17. The molecule has 0 fully saturated rings. The Morgan fingerprint density at radius 3 is 2.59 bits per heavy atom. The van der Waals surface area contributed by atoms with Crippen molar-refractivity contribution in [1.29, 1.82) is 0 Å². The molecule has 0 aliphatic rings. The minimum atomic E-state index is -1.01. The fourth-order valence-corrected chi connectivity index (χ4v) is 3.21. The molecule has 9 heteroatoms. The van der Waals surface area contributed by atoms with Gasteiger partial charge < -0.3 is 14.8 Å². The van der Waals surface area contributed by atoms with Gasteiger partial charge in [-0.25, -0.2) is 9.59 Å². The second kappa shape index (κ2) is 8.91. The topological polar surface area (TPSA) is 114 Å². The second-order valence-corrected chi connectivity index (χ2v) is 7.25. The summed E-state index contributed by atoms with van der Waals surface area (Å²) in [7, 11) is 0. The van der Waals surface area contributed by atoms with Gasteiger partial charge >= 0.3 is 11.7 Å². The van der Waals surface area contributed by atoms with Gasteiger partial charge in [-0.3, -0.25) is 4.79 Å². The minimum absolute atomic E-state index is 0.166. The Balaban J connectivity index is 1.62. The molecule has 0 bridgehead atoms. The van der Waals surface area contributed by atoms with E-state index in [9.17, 15) is 14.4 Å². The average molecular weight is 450 g/mol. The minimum Gasteiger partial charge on any atom is -0.488 e. The summed E-state index contributed by atoms with van der Waals surface area (Å²) in [6.45, 7) is 0.166. The lowest BCUT2D eigenvalue weighted by Crippen LogP contribution is -2.32. The van der Waals surface area contributed by atoms with Crippen molar-refractivity contribution in [1.82, 2.24) is 9.66 Å². The molecule has 0 spiro atoms. The van der Waals surface area contributed by atoms with Crippen LogP contribution in [0.15, 0.2) is 81.4 Å². The van der Waals surface area contributed by atoms with Gasteiger partial charge in [0, 0.05) is 10.6 Å². The van der Waals surface area contributed by atoms with Crippen molar-refractivity contribution in [2.75, 3.05) is 0 Å². The highest BCUT2D eigenvalue weighted by Crippen LogP contribution is 2.22. The number of carboxylic acid groups (broad SMARTS) is 1. The number of aromatic nitrogens is 2. The number of aromatic carboxylic acids is 1. The van der Waals surface area contributed by atoms with Crippen molar-refractivity contribution in [3.05, 3.63) is 109 Å². The molecule has 1 heterocycles. The van der Waals surface area contributed by atoms with Crippen molar-refractivity contribution in [2.24, 2.45) is 5.10 Å². The predicted octanol–water partition coefficient (Wildman–Crippen LogP) is 3.50. The van der Waals surface area contributed by atoms with Crippen molar-refractivity contribution < 1.29 is 14.6 Å². The van der Waals surface area contributed by atoms with Crippen LogP contribution in [-0.2, 0) is 6.61 Å². The SMILES string of the molecule is O=C(O)c1ccc(COc2ccc(Cl)cc2C=Nn2c(=O)[nH]c3ccccc3c2=O)cc1. The Morgan fingerprint density at radius 1 is 1.09 bits per heavy atom. The first-order valence-corrected chi connectivity index (χ1v) is 9.83. The van der Waals surface area contributed by atoms with Crippen LogP contribution >= 0.6 is 11.6 Å². The normalized spacial score (nSPS) is 11.2. The number of fused-ring (bicyclic) bond motifs is 1. The number of hydrogen-bond donors (Lipinski definition) is 2. The molecule has 0 amide bonds. The number of para-hydroxylation sites is 1. The first-order valence-electron chi connectivity index (χ1n) is 9.45. The number of carboxylic acids is 1. The summed E-state index contributed by atoms with van der Waals surface area (Å²) in [5.74, 6) is -0.585. The zero-order valence-corrected chi connectivity index (χ0v) is 17.2. The first-order chi connectivity index (χ1) is 15.4. The van der Waals surface area contributed by atoms with Gasteiger partial charge in [0.05, 0.1) is 22.7 Å². The van der Waals surface area contributed by atoms with E-state index in [1.807, 2.05) is 0 Å². The fourth-order valence-electron chi connectivity index (χ4n) is 3.03. The number of benzene rings is 3. The Bertz CT molecular complexity index is 1460. The van der Waals surface area contributed by atoms with Crippen molar-refractivity contribution in [3.8, 4) is 5.75 Å². The summed E-state index contributed by atoms with van der Waals surface area (Å²) in [5, 5.41) is 13.8. The first kappa shape index (κ1) is 21.1. The third-order valence-electron chi connectivity index (χ3n) is 4.66. The molecule has 32 heavy (non-hydrogen) atoms. The Kier molecular flexibility index (Phi) is 5.87. The summed E-state index contributed by atoms with van der Waals surface area (Å²) < 4.78 is 6.56. The van der Waals surface area contributed by atoms with E-state index in [1.165, 1.54) is 18.3 Å². The Labute approximate surface area is 186 Å². The largest absolute Gasteiger partial charge is 0.488 e. The van der Waals surface area contributed by atoms with Gasteiger partial charge in [0.15, 0.2) is 0 Å². The van der Waals surface area contributed by atoms with Gasteiger partial charge in [-0.15, -0.1) is 4.68 Å². The zero-order valence-electron chi connectivity index (χ0n) is 16.5. The molecule has 0 saturated carbocycles. The third-order valence-corrected chi connectivity index (χ3v) is 4.90. The highest BCUT2D eigenvalue weighted by atomic mass is 35.5. The van der Waals surface area contributed by atoms with E-state index in [0.717, 1.165) is 10.2 Å². The molecule has 0 atom stereocenters. The van der Waals surface area contributed by atoms with Gasteiger partial charge in [-0.05, 0) is 48.0 Å². The molecule has 1 aromatic heterocycles. The quantitative estimate of drug-likeness (QED) is 0.437. The number of halogens is 1. The molecule has 3 aromatic carbocycles. The summed E-state index contributed by atoms with van der Waals surface area (Å²) in [4.78, 5) is 38.5. The lowest BCUT2D eigenvalue weighted by Gasteiger charge is -2.10. The second-order valence-electron chi connectivity index (χ2n) is 6.81. The standard InChI is InChI=1S/C23H16ClN3O5/c24-17-9-10-20(32-13-14-5-7-15(8-6-14)22(29)30)16(11-17)12-25-27-21(28)18-3-1-2-4-19(18)26-23(27)31/h1-12H,13H2,(H,26,31)(H,29,30). The molecular formula is C23H16ClN3O5. The Morgan fingerprint density at radius 2 is 1.84 bits per heavy atom. The molecule has 4 aromatic rings. The third kappa shape index (κ3) is 4.45. The van der Waals surface area contributed by atoms with Crippen LogP contribution in [0, 0.1) is 0 Å². The van der Waals surface area contributed by atoms with Crippen LogP contribution in [0.4, 0.5) is 0 Å². The summed E-state index contributed by atoms with van der Waals surface area (Å²) in [5.41, 5.74) is 0.597. The van der Waals surface area contributed by atoms with Gasteiger partial charge in [0.1, 0.15) is 12.4 Å². The van der Waals surface area contributed by atoms with Crippen molar-refractivity contribution >= 4 is 34.7 Å². The number of ether oxygens (including phenoxy) is 1. The number of rotatable bonds is 6. The van der Waals surface area contributed by atoms with E-state index in [2.05, 4.69) is 10.1 Å². The lowest BCUT2D eigenvalue weighted by molar-refractivity contribution is 0.0697. The molecule has 0 radical (unpaired) electrons. The van der Waals surface area contributed by atoms with E-state index in [0.29, 0.717) is 27.2 Å². The van der Waals surface area contributed by atoms with E-state index in [1.54, 1.807) is 54.6 Å². The fraction of sp³-hybridized carbons (Fsp3) is 0.0435. The maximum absolute atomic E-state index is 12.6. The summed E-state index contributed by atoms with van der Waals surface area (Å²) >= 11 is 6.09.